The van der Waals surface area contributed by atoms with Gasteiger partial charge in [-0.2, -0.15) is 0 Å². The van der Waals surface area contributed by atoms with Gasteiger partial charge in [-0.3, -0.25) is 9.59 Å². The van der Waals surface area contributed by atoms with Crippen molar-refractivity contribution in [1.29, 1.82) is 0 Å². The predicted molar refractivity (Wildman–Crippen MR) is 107 cm³/mol. The summed E-state index contributed by atoms with van der Waals surface area (Å²) < 4.78 is 26.7. The Balaban J connectivity index is 1.83. The van der Waals surface area contributed by atoms with E-state index in [9.17, 15) is 18.4 Å². The SMILES string of the molecule is O=C1C(=Cc2ccc(Cl)cc2)C(=O)N(c2ccc(F)cc2)N1c1ccc(F)cc1. The number of carbonyl (C=O) groups excluding carboxylic acids is 2. The van der Waals surface area contributed by atoms with Crippen molar-refractivity contribution in [1.82, 2.24) is 0 Å². The molecular formula is C22H13ClF2N2O2. The summed E-state index contributed by atoms with van der Waals surface area (Å²) in [6.45, 7) is 0. The smallest absolute Gasteiger partial charge is 0.267 e. The number of nitrogens with zero attached hydrogens (tertiary/aromatic N) is 2. The van der Waals surface area contributed by atoms with Crippen LogP contribution in [0.15, 0.2) is 78.4 Å². The molecule has 0 unspecified atom stereocenters. The number of benzene rings is 3. The fraction of sp³-hybridized carbons (Fsp3) is 0. The molecule has 0 radical (unpaired) electrons. The van der Waals surface area contributed by atoms with Crippen LogP contribution in [0.25, 0.3) is 6.08 Å². The van der Waals surface area contributed by atoms with Crippen LogP contribution in [0.4, 0.5) is 20.2 Å². The first-order valence-corrected chi connectivity index (χ1v) is 8.99. The van der Waals surface area contributed by atoms with Crippen molar-refractivity contribution >= 4 is 40.9 Å². The van der Waals surface area contributed by atoms with Crippen LogP contribution < -0.4 is 10.0 Å². The molecule has 0 atom stereocenters. The van der Waals surface area contributed by atoms with Crippen LogP contribution >= 0.6 is 11.6 Å². The number of rotatable bonds is 3. The van der Waals surface area contributed by atoms with Gasteiger partial charge < -0.3 is 0 Å². The zero-order chi connectivity index (χ0) is 20.5. The molecule has 7 heteroatoms. The second-order valence-electron chi connectivity index (χ2n) is 6.30. The summed E-state index contributed by atoms with van der Waals surface area (Å²) in [4.78, 5) is 26.2. The van der Waals surface area contributed by atoms with Crippen LogP contribution in [-0.2, 0) is 9.59 Å². The van der Waals surface area contributed by atoms with Crippen molar-refractivity contribution in [3.8, 4) is 0 Å². The number of hydrazine groups is 1. The van der Waals surface area contributed by atoms with Crippen molar-refractivity contribution in [3.63, 3.8) is 0 Å². The van der Waals surface area contributed by atoms with Gasteiger partial charge in [-0.25, -0.2) is 18.8 Å². The molecule has 0 spiro atoms. The topological polar surface area (TPSA) is 40.6 Å². The summed E-state index contributed by atoms with van der Waals surface area (Å²) in [7, 11) is 0. The molecule has 144 valence electrons. The van der Waals surface area contributed by atoms with Crippen molar-refractivity contribution in [2.45, 2.75) is 0 Å². The van der Waals surface area contributed by atoms with Gasteiger partial charge in [0.2, 0.25) is 0 Å². The fourth-order valence-corrected chi connectivity index (χ4v) is 3.11. The third-order valence-corrected chi connectivity index (χ3v) is 4.62. The van der Waals surface area contributed by atoms with Gasteiger partial charge in [-0.1, -0.05) is 23.7 Å². The van der Waals surface area contributed by atoms with Crippen molar-refractivity contribution in [3.05, 3.63) is 101 Å². The van der Waals surface area contributed by atoms with E-state index in [0.29, 0.717) is 22.0 Å². The first-order chi connectivity index (χ1) is 13.9. The Morgan fingerprint density at radius 2 is 1.07 bits per heavy atom. The molecule has 0 N–H and O–H groups in total. The average Bonchev–Trinajstić information content (AvgIpc) is 2.96. The quantitative estimate of drug-likeness (QED) is 0.450. The molecule has 1 aliphatic rings. The molecular weight excluding hydrogens is 398 g/mol. The molecule has 1 heterocycles. The van der Waals surface area contributed by atoms with Gasteiger partial charge in [0.25, 0.3) is 11.8 Å². The highest BCUT2D eigenvalue weighted by atomic mass is 35.5. The van der Waals surface area contributed by atoms with E-state index in [-0.39, 0.29) is 5.57 Å². The van der Waals surface area contributed by atoms with E-state index in [1.807, 2.05) is 0 Å². The van der Waals surface area contributed by atoms with Gasteiger partial charge in [0.05, 0.1) is 11.4 Å². The number of hydrogen-bond donors (Lipinski definition) is 0. The third-order valence-electron chi connectivity index (χ3n) is 4.37. The lowest BCUT2D eigenvalue weighted by atomic mass is 10.1. The Morgan fingerprint density at radius 1 is 0.655 bits per heavy atom. The van der Waals surface area contributed by atoms with E-state index in [0.717, 1.165) is 10.0 Å². The summed E-state index contributed by atoms with van der Waals surface area (Å²) >= 11 is 5.89. The van der Waals surface area contributed by atoms with E-state index in [4.69, 9.17) is 11.6 Å². The van der Waals surface area contributed by atoms with Gasteiger partial charge in [0, 0.05) is 5.02 Å². The molecule has 0 saturated carbocycles. The highest BCUT2D eigenvalue weighted by Gasteiger charge is 2.42. The minimum absolute atomic E-state index is 0.0824. The first-order valence-electron chi connectivity index (χ1n) is 8.61. The maximum Gasteiger partial charge on any atom is 0.283 e. The average molecular weight is 411 g/mol. The van der Waals surface area contributed by atoms with E-state index < -0.39 is 23.4 Å². The molecule has 1 saturated heterocycles. The zero-order valence-corrected chi connectivity index (χ0v) is 15.6. The van der Waals surface area contributed by atoms with E-state index in [2.05, 4.69) is 0 Å². The zero-order valence-electron chi connectivity index (χ0n) is 14.9. The molecule has 1 fully saturated rings. The molecule has 0 aliphatic carbocycles. The maximum absolute atomic E-state index is 13.4. The Bertz CT molecular complexity index is 1050. The van der Waals surface area contributed by atoms with Crippen LogP contribution in [0, 0.1) is 11.6 Å². The maximum atomic E-state index is 13.4. The molecule has 4 rings (SSSR count). The molecule has 4 nitrogen and oxygen atoms in total. The second kappa shape index (κ2) is 7.48. The molecule has 3 aromatic rings. The minimum Gasteiger partial charge on any atom is -0.267 e. The summed E-state index contributed by atoms with van der Waals surface area (Å²) in [5.74, 6) is -2.12. The van der Waals surface area contributed by atoms with E-state index in [1.165, 1.54) is 54.6 Å². The second-order valence-corrected chi connectivity index (χ2v) is 6.73. The number of hydrogen-bond acceptors (Lipinski definition) is 2. The van der Waals surface area contributed by atoms with Crippen LogP contribution in [0.1, 0.15) is 5.56 Å². The normalized spacial score (nSPS) is 14.0. The minimum atomic E-state index is -0.583. The van der Waals surface area contributed by atoms with Crippen molar-refractivity contribution in [2.24, 2.45) is 0 Å². The Morgan fingerprint density at radius 3 is 1.48 bits per heavy atom. The summed E-state index contributed by atoms with van der Waals surface area (Å²) in [6.07, 6.45) is 1.46. The van der Waals surface area contributed by atoms with E-state index >= 15 is 0 Å². The molecule has 2 amide bonds. The Hall–Kier alpha value is -3.51. The predicted octanol–water partition coefficient (Wildman–Crippen LogP) is 5.00. The van der Waals surface area contributed by atoms with Gasteiger partial charge >= 0.3 is 0 Å². The van der Waals surface area contributed by atoms with Gasteiger partial charge in [0.1, 0.15) is 17.2 Å². The van der Waals surface area contributed by atoms with Crippen LogP contribution in [-0.4, -0.2) is 11.8 Å². The van der Waals surface area contributed by atoms with E-state index in [1.54, 1.807) is 24.3 Å². The Kier molecular flexibility index (Phi) is 4.86. The molecule has 1 aliphatic heterocycles. The lowest BCUT2D eigenvalue weighted by Gasteiger charge is -2.27. The first kappa shape index (κ1) is 18.8. The lowest BCUT2D eigenvalue weighted by Crippen LogP contribution is -2.41. The highest BCUT2D eigenvalue weighted by molar-refractivity contribution is 6.38. The number of amides is 2. The highest BCUT2D eigenvalue weighted by Crippen LogP contribution is 2.32. The lowest BCUT2D eigenvalue weighted by molar-refractivity contribution is -0.116. The largest absolute Gasteiger partial charge is 0.283 e. The van der Waals surface area contributed by atoms with Gasteiger partial charge in [-0.05, 0) is 72.3 Å². The fourth-order valence-electron chi connectivity index (χ4n) is 2.98. The molecule has 0 bridgehead atoms. The van der Waals surface area contributed by atoms with Crippen molar-refractivity contribution in [2.75, 3.05) is 10.0 Å². The van der Waals surface area contributed by atoms with Gasteiger partial charge in [-0.15, -0.1) is 0 Å². The van der Waals surface area contributed by atoms with Gasteiger partial charge in [0.15, 0.2) is 0 Å². The molecule has 3 aromatic carbocycles. The molecule has 29 heavy (non-hydrogen) atoms. The standard InChI is InChI=1S/C22H13ClF2N2O2/c23-15-3-1-14(2-4-15)13-20-21(28)26(18-9-5-16(24)6-10-18)27(22(20)29)19-11-7-17(25)8-12-19/h1-13H. The summed E-state index contributed by atoms with van der Waals surface area (Å²) in [6, 6.07) is 17.0. The number of carbonyl (C=O) groups is 2. The van der Waals surface area contributed by atoms with Crippen LogP contribution in [0.5, 0.6) is 0 Å². The number of anilines is 2. The van der Waals surface area contributed by atoms with Crippen LogP contribution in [0.2, 0.25) is 5.02 Å². The molecule has 0 aromatic heterocycles. The summed E-state index contributed by atoms with van der Waals surface area (Å²) in [5.41, 5.74) is 1.13. The Labute approximate surface area is 170 Å². The van der Waals surface area contributed by atoms with Crippen LogP contribution in [0.3, 0.4) is 0 Å². The summed E-state index contributed by atoms with van der Waals surface area (Å²) in [5, 5.41) is 2.80. The third kappa shape index (κ3) is 3.62. The number of halogens is 3. The monoisotopic (exact) mass is 410 g/mol. The van der Waals surface area contributed by atoms with Crippen molar-refractivity contribution < 1.29 is 18.4 Å².